The first-order chi connectivity index (χ1) is 13.8. The van der Waals surface area contributed by atoms with Gasteiger partial charge in [0.2, 0.25) is 0 Å². The second kappa shape index (κ2) is 6.70. The molecule has 2 aromatic rings. The van der Waals surface area contributed by atoms with Gasteiger partial charge in [-0.3, -0.25) is 9.59 Å². The molecule has 0 spiro atoms. The van der Waals surface area contributed by atoms with Crippen molar-refractivity contribution in [1.82, 2.24) is 0 Å². The third kappa shape index (κ3) is 2.71. The lowest BCUT2D eigenvalue weighted by atomic mass is 9.69. The minimum absolute atomic E-state index is 0.0452. The average molecular weight is 394 g/mol. The summed E-state index contributed by atoms with van der Waals surface area (Å²) in [4.78, 5) is 27.1. The summed E-state index contributed by atoms with van der Waals surface area (Å²) in [6.45, 7) is 6.18. The number of aryl methyl sites for hydroxylation is 1. The van der Waals surface area contributed by atoms with E-state index in [4.69, 9.17) is 14.2 Å². The number of hydrogen-bond donors (Lipinski definition) is 0. The van der Waals surface area contributed by atoms with Gasteiger partial charge in [-0.15, -0.1) is 0 Å². The predicted octanol–water partition coefficient (Wildman–Crippen LogP) is 4.45. The first-order valence-electron chi connectivity index (χ1n) is 9.78. The fraction of sp³-hybridized carbons (Fsp3) is 0.417. The Kier molecular flexibility index (Phi) is 4.54. The van der Waals surface area contributed by atoms with Crippen molar-refractivity contribution in [2.45, 2.75) is 39.7 Å². The zero-order valence-electron chi connectivity index (χ0n) is 17.8. The zero-order chi connectivity index (χ0) is 21.1. The zero-order valence-corrected chi connectivity index (χ0v) is 17.8. The SMILES string of the molecule is COc1c2c(c(OC)c3c1C(=O)c1cccc(C)c1C3=O)C(OC)CC(C)(C)C2. The van der Waals surface area contributed by atoms with Gasteiger partial charge >= 0.3 is 0 Å². The van der Waals surface area contributed by atoms with Gasteiger partial charge in [0, 0.05) is 29.4 Å². The van der Waals surface area contributed by atoms with Crippen molar-refractivity contribution in [3.05, 3.63) is 57.1 Å². The summed E-state index contributed by atoms with van der Waals surface area (Å²) in [6.07, 6.45) is 1.24. The highest BCUT2D eigenvalue weighted by Crippen LogP contribution is 2.53. The fourth-order valence-corrected chi connectivity index (χ4v) is 4.93. The monoisotopic (exact) mass is 394 g/mol. The number of carbonyl (C=O) groups excluding carboxylic acids is 2. The highest BCUT2D eigenvalue weighted by atomic mass is 16.5. The largest absolute Gasteiger partial charge is 0.496 e. The second-order valence-corrected chi connectivity index (χ2v) is 8.63. The van der Waals surface area contributed by atoms with Gasteiger partial charge < -0.3 is 14.2 Å². The van der Waals surface area contributed by atoms with Gasteiger partial charge in [-0.2, -0.15) is 0 Å². The molecule has 152 valence electrons. The minimum atomic E-state index is -0.246. The van der Waals surface area contributed by atoms with E-state index in [1.54, 1.807) is 33.5 Å². The lowest BCUT2D eigenvalue weighted by Crippen LogP contribution is -2.31. The molecule has 2 aromatic carbocycles. The van der Waals surface area contributed by atoms with Crippen LogP contribution in [0.3, 0.4) is 0 Å². The molecule has 0 fully saturated rings. The molecule has 5 nitrogen and oxygen atoms in total. The Morgan fingerprint density at radius 2 is 1.59 bits per heavy atom. The number of rotatable bonds is 3. The summed E-state index contributed by atoms with van der Waals surface area (Å²) in [5.41, 5.74) is 3.89. The Morgan fingerprint density at radius 1 is 0.931 bits per heavy atom. The molecule has 0 bridgehead atoms. The Hall–Kier alpha value is -2.66. The summed E-state index contributed by atoms with van der Waals surface area (Å²) < 4.78 is 17.4. The molecule has 1 unspecified atom stereocenters. The third-order valence-electron chi connectivity index (χ3n) is 6.15. The fourth-order valence-electron chi connectivity index (χ4n) is 4.93. The first kappa shape index (κ1) is 19.6. The van der Waals surface area contributed by atoms with E-state index in [0.717, 1.165) is 23.1 Å². The molecule has 0 radical (unpaired) electrons. The predicted molar refractivity (Wildman–Crippen MR) is 109 cm³/mol. The standard InChI is InChI=1S/C24H26O5/c1-12-8-7-9-13-16(12)21(26)19-18(20(13)25)22(28-5)14-10-24(2,3)11-15(27-4)17(14)23(19)29-6/h7-9,15H,10-11H2,1-6H3. The molecule has 5 heteroatoms. The van der Waals surface area contributed by atoms with Crippen molar-refractivity contribution < 1.29 is 23.8 Å². The normalized spacial score (nSPS) is 19.3. The molecule has 2 aliphatic carbocycles. The van der Waals surface area contributed by atoms with E-state index in [9.17, 15) is 9.59 Å². The maximum atomic E-state index is 13.6. The van der Waals surface area contributed by atoms with Crippen molar-refractivity contribution in [3.8, 4) is 11.5 Å². The number of benzene rings is 2. The van der Waals surface area contributed by atoms with Crippen molar-refractivity contribution in [1.29, 1.82) is 0 Å². The van der Waals surface area contributed by atoms with Gasteiger partial charge in [0.15, 0.2) is 11.6 Å². The molecule has 0 aromatic heterocycles. The van der Waals surface area contributed by atoms with Gasteiger partial charge in [0.25, 0.3) is 0 Å². The van der Waals surface area contributed by atoms with Crippen LogP contribution in [-0.4, -0.2) is 32.9 Å². The lowest BCUT2D eigenvalue weighted by molar-refractivity contribution is 0.0473. The second-order valence-electron chi connectivity index (χ2n) is 8.63. The highest BCUT2D eigenvalue weighted by molar-refractivity contribution is 6.31. The molecule has 4 rings (SSSR count). The number of carbonyl (C=O) groups is 2. The van der Waals surface area contributed by atoms with Crippen LogP contribution in [0.15, 0.2) is 18.2 Å². The molecular weight excluding hydrogens is 368 g/mol. The number of ether oxygens (including phenoxy) is 3. The van der Waals surface area contributed by atoms with Crippen LogP contribution in [0.2, 0.25) is 0 Å². The van der Waals surface area contributed by atoms with E-state index in [2.05, 4.69) is 13.8 Å². The molecule has 0 amide bonds. The van der Waals surface area contributed by atoms with Crippen LogP contribution < -0.4 is 9.47 Å². The Balaban J connectivity index is 2.13. The van der Waals surface area contributed by atoms with Gasteiger partial charge in [-0.05, 0) is 30.7 Å². The molecular formula is C24H26O5. The number of hydrogen-bond acceptors (Lipinski definition) is 5. The summed E-state index contributed by atoms with van der Waals surface area (Å²) in [5, 5.41) is 0. The summed E-state index contributed by atoms with van der Waals surface area (Å²) in [5.74, 6) is 0.500. The molecule has 0 N–H and O–H groups in total. The third-order valence-corrected chi connectivity index (χ3v) is 6.15. The Morgan fingerprint density at radius 3 is 2.21 bits per heavy atom. The van der Waals surface area contributed by atoms with E-state index in [0.29, 0.717) is 34.6 Å². The van der Waals surface area contributed by atoms with Gasteiger partial charge in [0.1, 0.15) is 11.5 Å². The van der Waals surface area contributed by atoms with Crippen LogP contribution >= 0.6 is 0 Å². The van der Waals surface area contributed by atoms with Crippen molar-refractivity contribution in [2.24, 2.45) is 5.41 Å². The molecule has 2 aliphatic rings. The first-order valence-corrected chi connectivity index (χ1v) is 9.78. The summed E-state index contributed by atoms with van der Waals surface area (Å²) in [6, 6.07) is 5.35. The molecule has 1 atom stereocenters. The van der Waals surface area contributed by atoms with Crippen LogP contribution in [0, 0.1) is 12.3 Å². The average Bonchev–Trinajstić information content (AvgIpc) is 2.68. The van der Waals surface area contributed by atoms with Gasteiger partial charge in [0.05, 0.1) is 31.5 Å². The lowest BCUT2D eigenvalue weighted by Gasteiger charge is -2.39. The molecule has 29 heavy (non-hydrogen) atoms. The van der Waals surface area contributed by atoms with Crippen molar-refractivity contribution in [2.75, 3.05) is 21.3 Å². The quantitative estimate of drug-likeness (QED) is 0.657. The number of fused-ring (bicyclic) bond motifs is 3. The molecule has 0 saturated heterocycles. The summed E-state index contributed by atoms with van der Waals surface area (Å²) in [7, 11) is 4.75. The van der Waals surface area contributed by atoms with Gasteiger partial charge in [-0.25, -0.2) is 0 Å². The van der Waals surface area contributed by atoms with E-state index in [-0.39, 0.29) is 28.6 Å². The van der Waals surface area contributed by atoms with E-state index >= 15 is 0 Å². The van der Waals surface area contributed by atoms with Crippen LogP contribution in [0.1, 0.15) is 74.9 Å². The maximum Gasteiger partial charge on any atom is 0.198 e. The molecule has 0 saturated carbocycles. The van der Waals surface area contributed by atoms with E-state index in [1.807, 2.05) is 13.0 Å². The van der Waals surface area contributed by atoms with Crippen LogP contribution in [0.5, 0.6) is 11.5 Å². The Labute approximate surface area is 171 Å². The number of methoxy groups -OCH3 is 3. The number of ketones is 2. The van der Waals surface area contributed by atoms with Crippen molar-refractivity contribution in [3.63, 3.8) is 0 Å². The minimum Gasteiger partial charge on any atom is -0.496 e. The summed E-state index contributed by atoms with van der Waals surface area (Å²) >= 11 is 0. The van der Waals surface area contributed by atoms with Gasteiger partial charge in [-0.1, -0.05) is 32.0 Å². The van der Waals surface area contributed by atoms with E-state index < -0.39 is 0 Å². The maximum absolute atomic E-state index is 13.6. The van der Waals surface area contributed by atoms with Crippen LogP contribution in [0.4, 0.5) is 0 Å². The smallest absolute Gasteiger partial charge is 0.198 e. The topological polar surface area (TPSA) is 61.8 Å². The Bertz CT molecular complexity index is 1050. The van der Waals surface area contributed by atoms with Crippen molar-refractivity contribution >= 4 is 11.6 Å². The molecule has 0 aliphatic heterocycles. The molecule has 0 heterocycles. The van der Waals surface area contributed by atoms with Crippen LogP contribution in [0.25, 0.3) is 0 Å². The van der Waals surface area contributed by atoms with E-state index in [1.165, 1.54) is 0 Å². The highest BCUT2D eigenvalue weighted by Gasteiger charge is 2.44. The van der Waals surface area contributed by atoms with Crippen LogP contribution in [-0.2, 0) is 11.2 Å².